The number of pyridine rings is 1. The van der Waals surface area contributed by atoms with Crippen LogP contribution in [-0.2, 0) is 19.1 Å². The van der Waals surface area contributed by atoms with Crippen LogP contribution in [0.5, 0.6) is 0 Å². The number of nitrogens with two attached hydrogens (primary N) is 1. The molecule has 2 heterocycles. The maximum atomic E-state index is 12.3. The molecule has 1 aliphatic rings. The molecule has 0 amide bonds. The average molecular weight is 302 g/mol. The van der Waals surface area contributed by atoms with Crippen molar-refractivity contribution >= 4 is 11.8 Å². The second-order valence-electron chi connectivity index (χ2n) is 4.85. The molecule has 0 aliphatic carbocycles. The summed E-state index contributed by atoms with van der Waals surface area (Å²) in [5.74, 6) is -1.10. The van der Waals surface area contributed by atoms with Gasteiger partial charge in [-0.15, -0.1) is 0 Å². The molecular weight excluding hydrogens is 284 g/mol. The van der Waals surface area contributed by atoms with Crippen LogP contribution >= 0.6 is 0 Å². The summed E-state index contributed by atoms with van der Waals surface area (Å²) in [4.78, 5) is 28.4. The molecule has 22 heavy (non-hydrogen) atoms. The minimum atomic E-state index is -0.640. The van der Waals surface area contributed by atoms with Gasteiger partial charge >= 0.3 is 5.97 Å². The summed E-state index contributed by atoms with van der Waals surface area (Å²) in [5, 5.41) is 0. The first kappa shape index (κ1) is 15.8. The molecule has 0 saturated carbocycles. The number of aromatic nitrogens is 1. The van der Waals surface area contributed by atoms with Gasteiger partial charge in [-0.25, -0.2) is 4.79 Å². The third-order valence-corrected chi connectivity index (χ3v) is 3.38. The molecular formula is C16H18N2O4. The fourth-order valence-electron chi connectivity index (χ4n) is 2.52. The van der Waals surface area contributed by atoms with Crippen LogP contribution in [0.1, 0.15) is 32.3 Å². The standard InChI is InChI=1S/C16H18N2O4/c1-4-21-16(20)14-13(11-6-5-7-18-8-11)12(9(2)19)10(3)22-15(14)17/h5-8,13H,4,17H2,1-3H3/t13-/m0/s1. The first-order chi connectivity index (χ1) is 10.5. The van der Waals surface area contributed by atoms with E-state index in [-0.39, 0.29) is 23.8 Å². The Bertz CT molecular complexity index is 662. The van der Waals surface area contributed by atoms with Crippen molar-refractivity contribution in [2.75, 3.05) is 6.61 Å². The third-order valence-electron chi connectivity index (χ3n) is 3.38. The number of ether oxygens (including phenoxy) is 2. The summed E-state index contributed by atoms with van der Waals surface area (Å²) in [5.41, 5.74) is 7.07. The Balaban J connectivity index is 2.62. The van der Waals surface area contributed by atoms with E-state index in [1.165, 1.54) is 6.92 Å². The van der Waals surface area contributed by atoms with Crippen molar-refractivity contribution in [3.63, 3.8) is 0 Å². The fourth-order valence-corrected chi connectivity index (χ4v) is 2.52. The number of rotatable bonds is 4. The van der Waals surface area contributed by atoms with Gasteiger partial charge in [-0.1, -0.05) is 6.07 Å². The molecule has 1 aromatic heterocycles. The zero-order chi connectivity index (χ0) is 16.3. The zero-order valence-electron chi connectivity index (χ0n) is 12.8. The van der Waals surface area contributed by atoms with E-state index in [1.807, 2.05) is 0 Å². The van der Waals surface area contributed by atoms with Crippen LogP contribution in [0.3, 0.4) is 0 Å². The first-order valence-electron chi connectivity index (χ1n) is 6.93. The predicted molar refractivity (Wildman–Crippen MR) is 79.3 cm³/mol. The molecule has 0 spiro atoms. The molecule has 6 heteroatoms. The topological polar surface area (TPSA) is 91.5 Å². The van der Waals surface area contributed by atoms with Crippen molar-refractivity contribution in [2.45, 2.75) is 26.7 Å². The van der Waals surface area contributed by atoms with Gasteiger partial charge in [-0.2, -0.15) is 0 Å². The van der Waals surface area contributed by atoms with Crippen molar-refractivity contribution < 1.29 is 19.1 Å². The number of Topliss-reactive ketones (excluding diaryl/α,β-unsaturated/α-hetero) is 1. The number of carbonyl (C=O) groups is 2. The molecule has 2 rings (SSSR count). The first-order valence-corrected chi connectivity index (χ1v) is 6.93. The van der Waals surface area contributed by atoms with Gasteiger partial charge in [0.25, 0.3) is 0 Å². The Kier molecular flexibility index (Phi) is 4.60. The van der Waals surface area contributed by atoms with Crippen LogP contribution in [0.4, 0.5) is 0 Å². The van der Waals surface area contributed by atoms with Gasteiger partial charge in [0.15, 0.2) is 5.78 Å². The van der Waals surface area contributed by atoms with Gasteiger partial charge < -0.3 is 15.2 Å². The van der Waals surface area contributed by atoms with Crippen molar-refractivity contribution in [1.29, 1.82) is 0 Å². The van der Waals surface area contributed by atoms with Crippen LogP contribution in [0.2, 0.25) is 0 Å². The molecule has 2 N–H and O–H groups in total. The average Bonchev–Trinajstić information content (AvgIpc) is 2.47. The summed E-state index contributed by atoms with van der Waals surface area (Å²) >= 11 is 0. The van der Waals surface area contributed by atoms with E-state index >= 15 is 0 Å². The number of hydrogen-bond acceptors (Lipinski definition) is 6. The van der Waals surface area contributed by atoms with Crippen LogP contribution in [0.25, 0.3) is 0 Å². The lowest BCUT2D eigenvalue weighted by Crippen LogP contribution is -2.28. The molecule has 116 valence electrons. The van der Waals surface area contributed by atoms with Crippen LogP contribution in [0, 0.1) is 0 Å². The summed E-state index contributed by atoms with van der Waals surface area (Å²) in [6, 6.07) is 3.52. The van der Waals surface area contributed by atoms with Crippen molar-refractivity contribution in [1.82, 2.24) is 4.98 Å². The number of hydrogen-bond donors (Lipinski definition) is 1. The van der Waals surface area contributed by atoms with Gasteiger partial charge in [0.05, 0.1) is 12.5 Å². The highest BCUT2D eigenvalue weighted by Gasteiger charge is 2.37. The summed E-state index contributed by atoms with van der Waals surface area (Å²) < 4.78 is 10.4. The predicted octanol–water partition coefficient (Wildman–Crippen LogP) is 1.79. The van der Waals surface area contributed by atoms with Crippen LogP contribution < -0.4 is 5.73 Å². The van der Waals surface area contributed by atoms with E-state index < -0.39 is 11.9 Å². The Morgan fingerprint density at radius 1 is 1.41 bits per heavy atom. The molecule has 0 radical (unpaired) electrons. The number of nitrogens with zero attached hydrogens (tertiary/aromatic N) is 1. The highest BCUT2D eigenvalue weighted by molar-refractivity contribution is 6.01. The van der Waals surface area contributed by atoms with Gasteiger partial charge in [0.2, 0.25) is 5.88 Å². The molecule has 1 atom stereocenters. The number of esters is 1. The Morgan fingerprint density at radius 2 is 2.14 bits per heavy atom. The van der Waals surface area contributed by atoms with E-state index in [0.717, 1.165) is 0 Å². The molecule has 1 aliphatic heterocycles. The third kappa shape index (κ3) is 2.86. The number of carbonyl (C=O) groups excluding carboxylic acids is 2. The Labute approximate surface area is 128 Å². The van der Waals surface area contributed by atoms with E-state index in [9.17, 15) is 9.59 Å². The van der Waals surface area contributed by atoms with Crippen molar-refractivity contribution in [3.05, 3.63) is 52.9 Å². The second kappa shape index (κ2) is 6.43. The minimum absolute atomic E-state index is 0.0465. The lowest BCUT2D eigenvalue weighted by molar-refractivity contribution is -0.139. The van der Waals surface area contributed by atoms with Crippen LogP contribution in [-0.4, -0.2) is 23.3 Å². The van der Waals surface area contributed by atoms with Crippen LogP contribution in [0.15, 0.2) is 47.3 Å². The Morgan fingerprint density at radius 3 is 2.68 bits per heavy atom. The van der Waals surface area contributed by atoms with Gasteiger partial charge in [-0.3, -0.25) is 9.78 Å². The lowest BCUT2D eigenvalue weighted by Gasteiger charge is -2.28. The SMILES string of the molecule is CCOC(=O)C1=C(N)OC(C)=C(C(C)=O)[C@@H]1c1cccnc1. The summed E-state index contributed by atoms with van der Waals surface area (Å²) in [6.45, 7) is 4.97. The monoisotopic (exact) mass is 302 g/mol. The van der Waals surface area contributed by atoms with Gasteiger partial charge in [0, 0.05) is 18.0 Å². The molecule has 0 aromatic carbocycles. The van der Waals surface area contributed by atoms with E-state index in [1.54, 1.807) is 38.4 Å². The lowest BCUT2D eigenvalue weighted by atomic mass is 9.81. The van der Waals surface area contributed by atoms with Gasteiger partial charge in [0.1, 0.15) is 11.3 Å². The fraction of sp³-hybridized carbons (Fsp3) is 0.312. The number of allylic oxidation sites excluding steroid dienone is 2. The second-order valence-corrected chi connectivity index (χ2v) is 4.85. The van der Waals surface area contributed by atoms with Crippen molar-refractivity contribution in [3.8, 4) is 0 Å². The summed E-state index contributed by atoms with van der Waals surface area (Å²) in [7, 11) is 0. The summed E-state index contributed by atoms with van der Waals surface area (Å²) in [6.07, 6.45) is 3.21. The van der Waals surface area contributed by atoms with Crippen molar-refractivity contribution in [2.24, 2.45) is 5.73 Å². The molecule has 0 bridgehead atoms. The molecule has 0 saturated heterocycles. The maximum absolute atomic E-state index is 12.3. The van der Waals surface area contributed by atoms with Gasteiger partial charge in [-0.05, 0) is 32.4 Å². The maximum Gasteiger partial charge on any atom is 0.340 e. The van der Waals surface area contributed by atoms with E-state index in [0.29, 0.717) is 16.9 Å². The molecule has 6 nitrogen and oxygen atoms in total. The Hall–Kier alpha value is -2.63. The molecule has 0 unspecified atom stereocenters. The quantitative estimate of drug-likeness (QED) is 0.853. The normalized spacial score (nSPS) is 18.0. The van der Waals surface area contributed by atoms with E-state index in [2.05, 4.69) is 4.98 Å². The minimum Gasteiger partial charge on any atom is -0.462 e. The molecule has 0 fully saturated rings. The highest BCUT2D eigenvalue weighted by Crippen LogP contribution is 2.39. The highest BCUT2D eigenvalue weighted by atomic mass is 16.5. The number of ketones is 1. The van der Waals surface area contributed by atoms with E-state index in [4.69, 9.17) is 15.2 Å². The largest absolute Gasteiger partial charge is 0.462 e. The zero-order valence-corrected chi connectivity index (χ0v) is 12.8. The molecule has 1 aromatic rings. The smallest absolute Gasteiger partial charge is 0.340 e.